The number of hydrogen-bond donors (Lipinski definition) is 3. The van der Waals surface area contributed by atoms with Crippen molar-refractivity contribution >= 4 is 0 Å². The van der Waals surface area contributed by atoms with Crippen LogP contribution in [0, 0.1) is 0 Å². The molecule has 0 aromatic rings. The zero-order valence-corrected chi connectivity index (χ0v) is 4.17. The Morgan fingerprint density at radius 1 is 1.29 bits per heavy atom. The van der Waals surface area contributed by atoms with E-state index in [-0.39, 0.29) is 6.04 Å². The highest BCUT2D eigenvalue weighted by atomic mass is 14.9. The van der Waals surface area contributed by atoms with Gasteiger partial charge in [0.05, 0.1) is 12.2 Å². The predicted octanol–water partition coefficient (Wildman–Crippen LogP) is -1.26. The highest BCUT2D eigenvalue weighted by molar-refractivity contribution is 4.87. The van der Waals surface area contributed by atoms with Crippen LogP contribution in [0.15, 0.2) is 12.7 Å². The van der Waals surface area contributed by atoms with Crippen LogP contribution in [0.3, 0.4) is 0 Å². The molecule has 1 atom stereocenters. The Kier molecular flexibility index (Phi) is 2.59. The van der Waals surface area contributed by atoms with Gasteiger partial charge in [0.25, 0.3) is 0 Å². The second-order valence-electron chi connectivity index (χ2n) is 1.39. The number of nitrogens with two attached hydrogens (primary N) is 3. The van der Waals surface area contributed by atoms with Crippen molar-refractivity contribution in [2.75, 3.05) is 0 Å². The maximum Gasteiger partial charge on any atom is 0.0714 e. The van der Waals surface area contributed by atoms with E-state index in [9.17, 15) is 0 Å². The predicted molar refractivity (Wildman–Crippen MR) is 30.3 cm³/mol. The van der Waals surface area contributed by atoms with Gasteiger partial charge >= 0.3 is 0 Å². The van der Waals surface area contributed by atoms with Crippen LogP contribution < -0.4 is 17.2 Å². The van der Waals surface area contributed by atoms with Crippen LogP contribution in [0.25, 0.3) is 0 Å². The molecule has 1 unspecified atom stereocenters. The van der Waals surface area contributed by atoms with Gasteiger partial charge in [-0.2, -0.15) is 0 Å². The van der Waals surface area contributed by atoms with Crippen molar-refractivity contribution in [1.29, 1.82) is 0 Å². The van der Waals surface area contributed by atoms with Crippen LogP contribution in [0.1, 0.15) is 0 Å². The summed E-state index contributed by atoms with van der Waals surface area (Å²) in [5.41, 5.74) is 15.5. The van der Waals surface area contributed by atoms with E-state index in [1.807, 2.05) is 0 Å². The first-order valence-corrected chi connectivity index (χ1v) is 2.07. The molecule has 0 aromatic carbocycles. The molecule has 0 aliphatic heterocycles. The van der Waals surface area contributed by atoms with Gasteiger partial charge in [-0.05, 0) is 0 Å². The van der Waals surface area contributed by atoms with E-state index in [0.29, 0.717) is 0 Å². The first-order chi connectivity index (χ1) is 3.18. The average molecular weight is 101 g/mol. The normalized spacial score (nSPS) is 14.3. The first-order valence-electron chi connectivity index (χ1n) is 2.07. The SMILES string of the molecule is C=CC(N)C(N)N. The van der Waals surface area contributed by atoms with Crippen LogP contribution in [0.5, 0.6) is 0 Å². The lowest BCUT2D eigenvalue weighted by atomic mass is 10.3. The van der Waals surface area contributed by atoms with Crippen LogP contribution >= 0.6 is 0 Å². The van der Waals surface area contributed by atoms with Gasteiger partial charge in [-0.1, -0.05) is 6.08 Å². The van der Waals surface area contributed by atoms with Crippen LogP contribution in [0.2, 0.25) is 0 Å². The molecule has 0 radical (unpaired) electrons. The van der Waals surface area contributed by atoms with E-state index in [0.717, 1.165) is 0 Å². The van der Waals surface area contributed by atoms with E-state index in [1.54, 1.807) is 0 Å². The van der Waals surface area contributed by atoms with Crippen molar-refractivity contribution in [1.82, 2.24) is 0 Å². The van der Waals surface area contributed by atoms with Crippen LogP contribution in [-0.4, -0.2) is 12.2 Å². The van der Waals surface area contributed by atoms with E-state index < -0.39 is 6.17 Å². The summed E-state index contributed by atoms with van der Waals surface area (Å²) in [7, 11) is 0. The van der Waals surface area contributed by atoms with Crippen molar-refractivity contribution in [3.63, 3.8) is 0 Å². The molecule has 0 rings (SSSR count). The molecular weight excluding hydrogens is 90.1 g/mol. The molecule has 0 saturated heterocycles. The quantitative estimate of drug-likeness (QED) is 0.300. The topological polar surface area (TPSA) is 78.1 Å². The van der Waals surface area contributed by atoms with Crippen molar-refractivity contribution in [2.24, 2.45) is 17.2 Å². The van der Waals surface area contributed by atoms with Gasteiger partial charge in [-0.3, -0.25) is 0 Å². The van der Waals surface area contributed by atoms with Gasteiger partial charge in [0, 0.05) is 0 Å². The van der Waals surface area contributed by atoms with E-state index in [4.69, 9.17) is 17.2 Å². The molecule has 0 aliphatic carbocycles. The molecule has 3 nitrogen and oxygen atoms in total. The fourth-order valence-electron chi connectivity index (χ4n) is 0.157. The van der Waals surface area contributed by atoms with Gasteiger partial charge in [0.1, 0.15) is 0 Å². The minimum absolute atomic E-state index is 0.278. The van der Waals surface area contributed by atoms with Crippen molar-refractivity contribution in [3.05, 3.63) is 12.7 Å². The first kappa shape index (κ1) is 6.62. The maximum absolute atomic E-state index is 5.25. The number of rotatable bonds is 2. The molecule has 3 heteroatoms. The van der Waals surface area contributed by atoms with Crippen molar-refractivity contribution in [2.45, 2.75) is 12.2 Å². The average Bonchev–Trinajstić information content (AvgIpc) is 1.65. The Balaban J connectivity index is 3.33. The molecule has 0 saturated carbocycles. The summed E-state index contributed by atoms with van der Waals surface area (Å²) in [5.74, 6) is 0. The third-order valence-electron chi connectivity index (χ3n) is 0.717. The van der Waals surface area contributed by atoms with E-state index in [1.165, 1.54) is 6.08 Å². The Labute approximate surface area is 43.2 Å². The molecule has 7 heavy (non-hydrogen) atoms. The lowest BCUT2D eigenvalue weighted by Gasteiger charge is -2.08. The van der Waals surface area contributed by atoms with Crippen LogP contribution in [-0.2, 0) is 0 Å². The van der Waals surface area contributed by atoms with Gasteiger partial charge in [-0.15, -0.1) is 6.58 Å². The molecule has 0 fully saturated rings. The summed E-state index contributed by atoms with van der Waals surface area (Å²) in [4.78, 5) is 0. The largest absolute Gasteiger partial charge is 0.322 e. The minimum atomic E-state index is -0.475. The summed E-state index contributed by atoms with van der Waals surface area (Å²) < 4.78 is 0. The Hall–Kier alpha value is -0.380. The molecule has 0 amide bonds. The maximum atomic E-state index is 5.25. The van der Waals surface area contributed by atoms with E-state index >= 15 is 0 Å². The summed E-state index contributed by atoms with van der Waals surface area (Å²) >= 11 is 0. The van der Waals surface area contributed by atoms with Gasteiger partial charge in [0.2, 0.25) is 0 Å². The standard InChI is InChI=1S/C4H11N3/c1-2-3(5)4(6)7/h2-4H,1,5-7H2. The lowest BCUT2D eigenvalue weighted by molar-refractivity contribution is 0.625. The third-order valence-corrected chi connectivity index (χ3v) is 0.717. The molecule has 0 aliphatic rings. The van der Waals surface area contributed by atoms with Crippen LogP contribution in [0.4, 0.5) is 0 Å². The zero-order chi connectivity index (χ0) is 5.86. The highest BCUT2D eigenvalue weighted by Gasteiger charge is 1.99. The molecule has 0 bridgehead atoms. The van der Waals surface area contributed by atoms with Gasteiger partial charge in [-0.25, -0.2) is 0 Å². The Morgan fingerprint density at radius 3 is 1.71 bits per heavy atom. The molecule has 0 heterocycles. The summed E-state index contributed by atoms with van der Waals surface area (Å²) in [6, 6.07) is -0.278. The van der Waals surface area contributed by atoms with Crippen molar-refractivity contribution in [3.8, 4) is 0 Å². The summed E-state index contributed by atoms with van der Waals surface area (Å²) in [5, 5.41) is 0. The lowest BCUT2D eigenvalue weighted by Crippen LogP contribution is -2.46. The summed E-state index contributed by atoms with van der Waals surface area (Å²) in [6.45, 7) is 3.40. The second-order valence-corrected chi connectivity index (χ2v) is 1.39. The Bertz CT molecular complexity index is 60.0. The molecule has 0 spiro atoms. The Morgan fingerprint density at radius 2 is 1.71 bits per heavy atom. The molecule has 0 aromatic heterocycles. The van der Waals surface area contributed by atoms with E-state index in [2.05, 4.69) is 6.58 Å². The molecule has 42 valence electrons. The molecular formula is C4H11N3. The van der Waals surface area contributed by atoms with Gasteiger partial charge < -0.3 is 17.2 Å². The fourth-order valence-corrected chi connectivity index (χ4v) is 0.157. The third kappa shape index (κ3) is 2.33. The van der Waals surface area contributed by atoms with Crippen molar-refractivity contribution < 1.29 is 0 Å². The second kappa shape index (κ2) is 2.74. The molecule has 6 N–H and O–H groups in total. The monoisotopic (exact) mass is 101 g/mol. The zero-order valence-electron chi connectivity index (χ0n) is 4.17. The minimum Gasteiger partial charge on any atom is -0.322 e. The number of hydrogen-bond acceptors (Lipinski definition) is 3. The summed E-state index contributed by atoms with van der Waals surface area (Å²) in [6.07, 6.45) is 1.04. The highest BCUT2D eigenvalue weighted by Crippen LogP contribution is 1.75. The van der Waals surface area contributed by atoms with Gasteiger partial charge in [0.15, 0.2) is 0 Å². The fraction of sp³-hybridized carbons (Fsp3) is 0.500. The smallest absolute Gasteiger partial charge is 0.0714 e.